The molecule has 1 aromatic carbocycles. The number of hydrogen-bond donors (Lipinski definition) is 1. The van der Waals surface area contributed by atoms with Crippen LogP contribution in [0.5, 0.6) is 0 Å². The van der Waals surface area contributed by atoms with Crippen molar-refractivity contribution in [3.8, 4) is 0 Å². The van der Waals surface area contributed by atoms with E-state index in [2.05, 4.69) is 40.4 Å². The molecule has 1 N–H and O–H groups in total. The first kappa shape index (κ1) is 17.6. The van der Waals surface area contributed by atoms with E-state index in [4.69, 9.17) is 4.74 Å². The quantitative estimate of drug-likeness (QED) is 0.906. The maximum Gasteiger partial charge on any atom is 0.239 e. The minimum absolute atomic E-state index is 0.0244. The zero-order chi connectivity index (χ0) is 17.9. The largest absolute Gasteiger partial charge is 0.373 e. The van der Waals surface area contributed by atoms with E-state index in [1.165, 1.54) is 5.56 Å². The van der Waals surface area contributed by atoms with Gasteiger partial charge in [0.15, 0.2) is 0 Å². The number of nitrogens with one attached hydrogen (secondary N) is 1. The number of anilines is 1. The van der Waals surface area contributed by atoms with Crippen LogP contribution in [0.1, 0.15) is 25.0 Å². The second kappa shape index (κ2) is 7.37. The number of carbonyl (C=O) groups is 1. The van der Waals surface area contributed by atoms with Gasteiger partial charge in [0.05, 0.1) is 31.5 Å². The minimum atomic E-state index is -0.203. The van der Waals surface area contributed by atoms with Gasteiger partial charge in [-0.2, -0.15) is 5.10 Å². The molecular weight excluding hydrogens is 316 g/mol. The summed E-state index contributed by atoms with van der Waals surface area (Å²) in [4.78, 5) is 14.5. The van der Waals surface area contributed by atoms with Crippen LogP contribution in [-0.2, 0) is 16.1 Å². The molecule has 0 spiro atoms. The average Bonchev–Trinajstić information content (AvgIpc) is 2.93. The Morgan fingerprint density at radius 1 is 1.36 bits per heavy atom. The highest BCUT2D eigenvalue weighted by Crippen LogP contribution is 2.16. The molecule has 1 aliphatic heterocycles. The summed E-state index contributed by atoms with van der Waals surface area (Å²) in [7, 11) is 0. The Morgan fingerprint density at radius 2 is 2.20 bits per heavy atom. The van der Waals surface area contributed by atoms with Gasteiger partial charge < -0.3 is 10.1 Å². The van der Waals surface area contributed by atoms with Crippen molar-refractivity contribution >= 4 is 11.7 Å². The fourth-order valence-corrected chi connectivity index (χ4v) is 3.18. The van der Waals surface area contributed by atoms with Crippen LogP contribution in [0.25, 0.3) is 0 Å². The summed E-state index contributed by atoms with van der Waals surface area (Å²) in [6.07, 6.45) is 1.71. The molecule has 1 saturated heterocycles. The van der Waals surface area contributed by atoms with Crippen LogP contribution in [0.2, 0.25) is 0 Å². The molecular formula is C19H26N4O2. The van der Waals surface area contributed by atoms with Crippen LogP contribution >= 0.6 is 0 Å². The van der Waals surface area contributed by atoms with Crippen molar-refractivity contribution in [2.45, 2.75) is 32.9 Å². The van der Waals surface area contributed by atoms with Gasteiger partial charge in [-0.05, 0) is 26.3 Å². The molecule has 6 heteroatoms. The van der Waals surface area contributed by atoms with Crippen molar-refractivity contribution in [2.24, 2.45) is 0 Å². The first-order valence-electron chi connectivity index (χ1n) is 8.65. The highest BCUT2D eigenvalue weighted by Gasteiger charge is 2.28. The molecule has 0 bridgehead atoms. The molecule has 134 valence electrons. The fraction of sp³-hybridized carbons (Fsp3) is 0.474. The zero-order valence-electron chi connectivity index (χ0n) is 15.2. The lowest BCUT2D eigenvalue weighted by Crippen LogP contribution is -2.50. The Labute approximate surface area is 148 Å². The van der Waals surface area contributed by atoms with Crippen LogP contribution in [0.4, 0.5) is 5.82 Å². The number of hydrogen-bond acceptors (Lipinski definition) is 4. The number of amides is 1. The van der Waals surface area contributed by atoms with Crippen molar-refractivity contribution in [1.29, 1.82) is 0 Å². The van der Waals surface area contributed by atoms with E-state index < -0.39 is 0 Å². The lowest BCUT2D eigenvalue weighted by Gasteiger charge is -2.37. The first-order chi connectivity index (χ1) is 11.9. The predicted octanol–water partition coefficient (Wildman–Crippen LogP) is 2.29. The van der Waals surface area contributed by atoms with Gasteiger partial charge in [-0.1, -0.05) is 29.8 Å². The third kappa shape index (κ3) is 4.90. The highest BCUT2D eigenvalue weighted by atomic mass is 16.5. The van der Waals surface area contributed by atoms with Crippen molar-refractivity contribution in [3.05, 3.63) is 47.7 Å². The Balaban J connectivity index is 1.60. The molecule has 25 heavy (non-hydrogen) atoms. The lowest BCUT2D eigenvalue weighted by atomic mass is 10.1. The van der Waals surface area contributed by atoms with Gasteiger partial charge in [0, 0.05) is 19.2 Å². The number of benzene rings is 1. The highest BCUT2D eigenvalue weighted by molar-refractivity contribution is 5.91. The van der Waals surface area contributed by atoms with Gasteiger partial charge in [0.2, 0.25) is 5.91 Å². The van der Waals surface area contributed by atoms with Crippen LogP contribution in [0, 0.1) is 6.92 Å². The van der Waals surface area contributed by atoms with Crippen molar-refractivity contribution in [1.82, 2.24) is 14.7 Å². The second-order valence-electron chi connectivity index (χ2n) is 7.23. The topological polar surface area (TPSA) is 59.4 Å². The van der Waals surface area contributed by atoms with Crippen LogP contribution in [0.3, 0.4) is 0 Å². The monoisotopic (exact) mass is 342 g/mol. The van der Waals surface area contributed by atoms with Gasteiger partial charge in [-0.25, -0.2) is 4.68 Å². The van der Waals surface area contributed by atoms with Crippen LogP contribution in [-0.4, -0.2) is 52.4 Å². The summed E-state index contributed by atoms with van der Waals surface area (Å²) in [5, 5.41) is 7.31. The number of rotatable bonds is 5. The zero-order valence-corrected chi connectivity index (χ0v) is 15.2. The van der Waals surface area contributed by atoms with E-state index in [0.717, 1.165) is 24.5 Å². The molecule has 2 heterocycles. The smallest absolute Gasteiger partial charge is 0.239 e. The summed E-state index contributed by atoms with van der Waals surface area (Å²) < 4.78 is 7.51. The molecule has 0 unspecified atom stereocenters. The Bertz CT molecular complexity index is 739. The Hall–Kier alpha value is -2.18. The second-order valence-corrected chi connectivity index (χ2v) is 7.23. The third-order valence-corrected chi connectivity index (χ3v) is 4.27. The molecule has 0 radical (unpaired) electrons. The standard InChI is InChI=1S/C19H26N4O2/c1-15-5-4-6-16(11-15)12-23-17(7-8-20-23)21-18(24)13-22-9-10-25-19(2,3)14-22/h4-8,11H,9-10,12-14H2,1-3H3,(H,21,24). The van der Waals surface area contributed by atoms with Gasteiger partial charge in [-0.3, -0.25) is 9.69 Å². The average molecular weight is 342 g/mol. The summed E-state index contributed by atoms with van der Waals surface area (Å²) in [6.45, 7) is 9.35. The number of carbonyl (C=O) groups excluding carboxylic acids is 1. The van der Waals surface area contributed by atoms with E-state index in [1.807, 2.05) is 30.7 Å². The van der Waals surface area contributed by atoms with Crippen molar-refractivity contribution in [3.63, 3.8) is 0 Å². The van der Waals surface area contributed by atoms with E-state index >= 15 is 0 Å². The van der Waals surface area contributed by atoms with E-state index in [1.54, 1.807) is 6.20 Å². The van der Waals surface area contributed by atoms with Crippen LogP contribution < -0.4 is 5.32 Å². The summed E-state index contributed by atoms with van der Waals surface area (Å²) in [6, 6.07) is 10.1. The molecule has 1 aromatic heterocycles. The van der Waals surface area contributed by atoms with Gasteiger partial charge >= 0.3 is 0 Å². The molecule has 1 fully saturated rings. The third-order valence-electron chi connectivity index (χ3n) is 4.27. The number of aromatic nitrogens is 2. The first-order valence-corrected chi connectivity index (χ1v) is 8.65. The summed E-state index contributed by atoms with van der Waals surface area (Å²) in [5.74, 6) is 0.697. The number of ether oxygens (including phenoxy) is 1. The molecule has 0 atom stereocenters. The van der Waals surface area contributed by atoms with E-state index in [0.29, 0.717) is 19.7 Å². The molecule has 0 aliphatic carbocycles. The molecule has 0 saturated carbocycles. The number of morpholine rings is 1. The lowest BCUT2D eigenvalue weighted by molar-refractivity contribution is -0.122. The van der Waals surface area contributed by atoms with Crippen molar-refractivity contribution < 1.29 is 9.53 Å². The van der Waals surface area contributed by atoms with Gasteiger partial charge in [0.1, 0.15) is 5.82 Å². The number of nitrogens with zero attached hydrogens (tertiary/aromatic N) is 3. The molecule has 1 amide bonds. The molecule has 1 aliphatic rings. The maximum absolute atomic E-state index is 12.4. The SMILES string of the molecule is Cc1cccc(Cn2nccc2NC(=O)CN2CCOC(C)(C)C2)c1. The molecule has 3 rings (SSSR count). The predicted molar refractivity (Wildman–Crippen MR) is 97.6 cm³/mol. The summed E-state index contributed by atoms with van der Waals surface area (Å²) >= 11 is 0. The van der Waals surface area contributed by atoms with E-state index in [-0.39, 0.29) is 11.5 Å². The van der Waals surface area contributed by atoms with Gasteiger partial charge in [-0.15, -0.1) is 0 Å². The fourth-order valence-electron chi connectivity index (χ4n) is 3.18. The molecule has 6 nitrogen and oxygen atoms in total. The minimum Gasteiger partial charge on any atom is -0.373 e. The summed E-state index contributed by atoms with van der Waals surface area (Å²) in [5.41, 5.74) is 2.17. The van der Waals surface area contributed by atoms with E-state index in [9.17, 15) is 4.79 Å². The Morgan fingerprint density at radius 3 is 2.96 bits per heavy atom. The molecule has 2 aromatic rings. The number of aryl methyl sites for hydroxylation is 1. The Kier molecular flexibility index (Phi) is 5.20. The normalized spacial score (nSPS) is 17.4. The maximum atomic E-state index is 12.4. The van der Waals surface area contributed by atoms with Crippen LogP contribution in [0.15, 0.2) is 36.5 Å². The van der Waals surface area contributed by atoms with Crippen molar-refractivity contribution in [2.75, 3.05) is 31.6 Å². The van der Waals surface area contributed by atoms with Gasteiger partial charge in [0.25, 0.3) is 0 Å².